The summed E-state index contributed by atoms with van der Waals surface area (Å²) in [6.07, 6.45) is -1.86. The van der Waals surface area contributed by atoms with E-state index in [-0.39, 0.29) is 12.5 Å². The molecule has 0 amide bonds. The molecule has 0 aliphatic heterocycles. The lowest BCUT2D eigenvalue weighted by Crippen LogP contribution is -2.16. The van der Waals surface area contributed by atoms with Crippen LogP contribution < -0.4 is 9.47 Å². The number of aromatic nitrogens is 2. The van der Waals surface area contributed by atoms with Crippen LogP contribution in [0.15, 0.2) is 35.6 Å². The van der Waals surface area contributed by atoms with Crippen LogP contribution in [0, 0.1) is 0 Å². The Bertz CT molecular complexity index is 824. The summed E-state index contributed by atoms with van der Waals surface area (Å²) in [5.41, 5.74) is -1.40. The molecule has 0 atom stereocenters. The van der Waals surface area contributed by atoms with E-state index in [1.165, 1.54) is 19.2 Å². The van der Waals surface area contributed by atoms with Gasteiger partial charge >= 0.3 is 6.18 Å². The molecule has 0 aliphatic rings. The van der Waals surface area contributed by atoms with E-state index in [1.54, 1.807) is 0 Å². The van der Waals surface area contributed by atoms with Crippen LogP contribution in [0.5, 0.6) is 17.4 Å². The molecule has 0 saturated heterocycles. The quantitative estimate of drug-likeness (QED) is 0.813. The summed E-state index contributed by atoms with van der Waals surface area (Å²) in [5.74, 6) is -1.17. The van der Waals surface area contributed by atoms with E-state index < -0.39 is 38.0 Å². The Labute approximate surface area is 136 Å². The lowest BCUT2D eigenvalue weighted by molar-refractivity contribution is -0.141. The molecule has 1 aromatic heterocycles. The first-order chi connectivity index (χ1) is 11.1. The molecular weight excluding hydrogens is 349 g/mol. The SMILES string of the molecule is CCOc1ccc(Oc2ccncn2)c(S(C)(=O)=O)c1C(F)(F)F. The predicted molar refractivity (Wildman–Crippen MR) is 77.8 cm³/mol. The van der Waals surface area contributed by atoms with E-state index in [2.05, 4.69) is 9.97 Å². The average Bonchev–Trinajstić information content (AvgIpc) is 2.47. The summed E-state index contributed by atoms with van der Waals surface area (Å²) < 4.78 is 74.5. The van der Waals surface area contributed by atoms with Crippen LogP contribution in [0.3, 0.4) is 0 Å². The summed E-state index contributed by atoms with van der Waals surface area (Å²) >= 11 is 0. The Balaban J connectivity index is 2.72. The van der Waals surface area contributed by atoms with Crippen LogP contribution in [0.4, 0.5) is 13.2 Å². The van der Waals surface area contributed by atoms with E-state index in [4.69, 9.17) is 9.47 Å². The molecule has 0 spiro atoms. The topological polar surface area (TPSA) is 78.4 Å². The molecule has 2 rings (SSSR count). The Morgan fingerprint density at radius 3 is 2.33 bits per heavy atom. The minimum Gasteiger partial charge on any atom is -0.493 e. The van der Waals surface area contributed by atoms with Crippen molar-refractivity contribution in [1.82, 2.24) is 9.97 Å². The number of sulfone groups is 1. The van der Waals surface area contributed by atoms with Gasteiger partial charge in [-0.25, -0.2) is 18.4 Å². The third kappa shape index (κ3) is 3.94. The maximum Gasteiger partial charge on any atom is 0.421 e. The van der Waals surface area contributed by atoms with Gasteiger partial charge in [-0.1, -0.05) is 0 Å². The van der Waals surface area contributed by atoms with Crippen LogP contribution in [0.25, 0.3) is 0 Å². The lowest BCUT2D eigenvalue weighted by Gasteiger charge is -2.19. The summed E-state index contributed by atoms with van der Waals surface area (Å²) in [5, 5.41) is 0. The molecule has 0 bridgehead atoms. The molecule has 0 radical (unpaired) electrons. The maximum absolute atomic E-state index is 13.5. The fourth-order valence-electron chi connectivity index (χ4n) is 1.99. The number of rotatable bonds is 5. The Hall–Kier alpha value is -2.36. The third-order valence-corrected chi connectivity index (χ3v) is 3.95. The highest BCUT2D eigenvalue weighted by Crippen LogP contribution is 2.45. The molecule has 0 fully saturated rings. The highest BCUT2D eigenvalue weighted by molar-refractivity contribution is 7.90. The Morgan fingerprint density at radius 1 is 1.17 bits per heavy atom. The van der Waals surface area contributed by atoms with Crippen molar-refractivity contribution in [3.63, 3.8) is 0 Å². The number of hydrogen-bond acceptors (Lipinski definition) is 6. The van der Waals surface area contributed by atoms with E-state index in [0.717, 1.165) is 18.5 Å². The van der Waals surface area contributed by atoms with E-state index in [0.29, 0.717) is 6.26 Å². The van der Waals surface area contributed by atoms with Gasteiger partial charge in [0.05, 0.1) is 6.61 Å². The van der Waals surface area contributed by atoms with Gasteiger partial charge < -0.3 is 9.47 Å². The molecule has 0 N–H and O–H groups in total. The second-order valence-corrected chi connectivity index (χ2v) is 6.57. The van der Waals surface area contributed by atoms with Gasteiger partial charge in [-0.05, 0) is 19.1 Å². The van der Waals surface area contributed by atoms with Gasteiger partial charge in [-0.2, -0.15) is 13.2 Å². The normalized spacial score (nSPS) is 12.0. The fraction of sp³-hybridized carbons (Fsp3) is 0.286. The van der Waals surface area contributed by atoms with Crippen molar-refractivity contribution < 1.29 is 31.1 Å². The molecule has 6 nitrogen and oxygen atoms in total. The van der Waals surface area contributed by atoms with Crippen molar-refractivity contribution in [3.8, 4) is 17.4 Å². The highest BCUT2D eigenvalue weighted by atomic mass is 32.2. The van der Waals surface area contributed by atoms with Gasteiger partial charge in [0.15, 0.2) is 9.84 Å². The van der Waals surface area contributed by atoms with Crippen molar-refractivity contribution in [2.45, 2.75) is 18.0 Å². The van der Waals surface area contributed by atoms with Gasteiger partial charge in [0.25, 0.3) is 0 Å². The zero-order valence-corrected chi connectivity index (χ0v) is 13.5. The molecule has 10 heteroatoms. The number of benzene rings is 1. The number of halogens is 3. The Kier molecular flexibility index (Phi) is 4.97. The van der Waals surface area contributed by atoms with Crippen LogP contribution in [0.2, 0.25) is 0 Å². The number of alkyl halides is 3. The molecule has 130 valence electrons. The maximum atomic E-state index is 13.5. The van der Waals surface area contributed by atoms with Crippen LogP contribution in [-0.2, 0) is 16.0 Å². The summed E-state index contributed by atoms with van der Waals surface area (Å²) in [7, 11) is -4.28. The molecular formula is C14H13F3N2O4S. The van der Waals surface area contributed by atoms with Crippen molar-refractivity contribution in [2.24, 2.45) is 0 Å². The summed E-state index contributed by atoms with van der Waals surface area (Å²) in [4.78, 5) is 6.35. The van der Waals surface area contributed by atoms with Crippen molar-refractivity contribution in [2.75, 3.05) is 12.9 Å². The third-order valence-electron chi connectivity index (χ3n) is 2.81. The Morgan fingerprint density at radius 2 is 1.83 bits per heavy atom. The van der Waals surface area contributed by atoms with Gasteiger partial charge in [0, 0.05) is 18.5 Å². The first kappa shape index (κ1) is 18.0. The minimum atomic E-state index is -4.95. The van der Waals surface area contributed by atoms with E-state index >= 15 is 0 Å². The molecule has 0 unspecified atom stereocenters. The standard InChI is InChI=1S/C14H13F3N2O4S/c1-3-22-9-4-5-10(23-11-6-7-18-8-19-11)13(24(2,20)21)12(9)14(15,16)17/h4-8H,3H2,1-2H3. The number of hydrogen-bond donors (Lipinski definition) is 0. The van der Waals surface area contributed by atoms with Crippen molar-refractivity contribution >= 4 is 9.84 Å². The van der Waals surface area contributed by atoms with E-state index in [1.807, 2.05) is 0 Å². The average molecular weight is 362 g/mol. The van der Waals surface area contributed by atoms with Gasteiger partial charge in [-0.15, -0.1) is 0 Å². The van der Waals surface area contributed by atoms with Gasteiger partial charge in [0.2, 0.25) is 5.88 Å². The summed E-state index contributed by atoms with van der Waals surface area (Å²) in [6, 6.07) is 3.39. The zero-order valence-electron chi connectivity index (χ0n) is 12.7. The molecule has 1 heterocycles. The lowest BCUT2D eigenvalue weighted by atomic mass is 10.1. The molecule has 0 saturated carbocycles. The van der Waals surface area contributed by atoms with Crippen molar-refractivity contribution in [1.29, 1.82) is 0 Å². The first-order valence-electron chi connectivity index (χ1n) is 6.65. The van der Waals surface area contributed by atoms with Crippen LogP contribution >= 0.6 is 0 Å². The van der Waals surface area contributed by atoms with E-state index in [9.17, 15) is 21.6 Å². The second-order valence-electron chi connectivity index (χ2n) is 4.62. The number of ether oxygens (including phenoxy) is 2. The largest absolute Gasteiger partial charge is 0.493 e. The molecule has 1 aromatic carbocycles. The molecule has 24 heavy (non-hydrogen) atoms. The second kappa shape index (κ2) is 6.63. The number of nitrogens with zero attached hydrogens (tertiary/aromatic N) is 2. The smallest absolute Gasteiger partial charge is 0.421 e. The molecule has 2 aromatic rings. The van der Waals surface area contributed by atoms with Crippen molar-refractivity contribution in [3.05, 3.63) is 36.3 Å². The monoisotopic (exact) mass is 362 g/mol. The highest BCUT2D eigenvalue weighted by Gasteiger charge is 2.42. The van der Waals surface area contributed by atoms with Crippen LogP contribution in [0.1, 0.15) is 12.5 Å². The van der Waals surface area contributed by atoms with Gasteiger partial charge in [0.1, 0.15) is 28.3 Å². The molecule has 0 aliphatic carbocycles. The fourth-order valence-corrected chi connectivity index (χ4v) is 3.05. The summed E-state index contributed by atoms with van der Waals surface area (Å²) in [6.45, 7) is 1.43. The first-order valence-corrected chi connectivity index (χ1v) is 8.54. The van der Waals surface area contributed by atoms with Gasteiger partial charge in [-0.3, -0.25) is 0 Å². The predicted octanol–water partition coefficient (Wildman–Crippen LogP) is 3.09. The zero-order chi connectivity index (χ0) is 18.0. The van der Waals surface area contributed by atoms with Crippen LogP contribution in [-0.4, -0.2) is 31.2 Å². The minimum absolute atomic E-state index is 0.0571.